The number of nitrogens with one attached hydrogen (secondary N) is 1. The zero-order valence-corrected chi connectivity index (χ0v) is 24.4. The minimum atomic E-state index is -4.13. The summed E-state index contributed by atoms with van der Waals surface area (Å²) in [4.78, 5) is 28.7. The van der Waals surface area contributed by atoms with Crippen LogP contribution in [0.1, 0.15) is 38.3 Å². The highest BCUT2D eigenvalue weighted by Gasteiger charge is 2.34. The van der Waals surface area contributed by atoms with Crippen LogP contribution in [0, 0.1) is 6.92 Å². The number of aryl methyl sites for hydroxylation is 1. The average Bonchev–Trinajstić information content (AvgIpc) is 2.91. The van der Waals surface area contributed by atoms with E-state index in [0.29, 0.717) is 29.1 Å². The number of amides is 2. The van der Waals surface area contributed by atoms with E-state index in [2.05, 4.69) is 5.32 Å². The fraction of sp³-hybridized carbons (Fsp3) is 0.333. The summed E-state index contributed by atoms with van der Waals surface area (Å²) in [6, 6.07) is 21.7. The molecule has 0 spiro atoms. The van der Waals surface area contributed by atoms with Crippen molar-refractivity contribution in [2.75, 3.05) is 17.4 Å². The molecule has 0 saturated heterocycles. The molecule has 0 heterocycles. The third-order valence-electron chi connectivity index (χ3n) is 6.35. The molecule has 0 aliphatic heterocycles. The molecule has 3 aromatic carbocycles. The standard InChI is InChI=1S/C30H36ClN3O4S/c1-5-27(30(36)32-22(2)3)33(19-18-24-12-8-6-9-13-24)29(35)21-34(28-20-25(31)17-16-23(28)4)39(37,38)26-14-10-7-11-15-26/h6-17,20,22,27H,5,18-19,21H2,1-4H3,(H,32,36)/t27-/m0/s1. The number of benzene rings is 3. The lowest BCUT2D eigenvalue weighted by Crippen LogP contribution is -2.54. The van der Waals surface area contributed by atoms with Gasteiger partial charge in [-0.1, -0.05) is 73.1 Å². The number of sulfonamides is 1. The van der Waals surface area contributed by atoms with E-state index in [1.54, 1.807) is 43.3 Å². The van der Waals surface area contributed by atoms with E-state index in [4.69, 9.17) is 11.6 Å². The molecular weight excluding hydrogens is 534 g/mol. The summed E-state index contributed by atoms with van der Waals surface area (Å²) in [6.45, 7) is 7.09. The summed E-state index contributed by atoms with van der Waals surface area (Å²) in [5.41, 5.74) is 1.96. The van der Waals surface area contributed by atoms with E-state index in [-0.39, 0.29) is 23.4 Å². The Kier molecular flexibility index (Phi) is 10.5. The minimum Gasteiger partial charge on any atom is -0.352 e. The van der Waals surface area contributed by atoms with Crippen LogP contribution in [0.3, 0.4) is 0 Å². The molecule has 0 radical (unpaired) electrons. The third-order valence-corrected chi connectivity index (χ3v) is 8.36. The fourth-order valence-corrected chi connectivity index (χ4v) is 6.02. The van der Waals surface area contributed by atoms with Crippen LogP contribution in [-0.4, -0.2) is 50.3 Å². The average molecular weight is 570 g/mol. The third kappa shape index (κ3) is 7.83. The molecule has 1 atom stereocenters. The maximum atomic E-state index is 14.0. The summed E-state index contributed by atoms with van der Waals surface area (Å²) in [7, 11) is -4.13. The Morgan fingerprint density at radius 1 is 0.949 bits per heavy atom. The number of carbonyl (C=O) groups excluding carboxylic acids is 2. The second-order valence-electron chi connectivity index (χ2n) is 9.67. The van der Waals surface area contributed by atoms with Crippen LogP contribution in [0.25, 0.3) is 0 Å². The van der Waals surface area contributed by atoms with Crippen molar-refractivity contribution in [3.8, 4) is 0 Å². The molecule has 208 valence electrons. The van der Waals surface area contributed by atoms with Crippen LogP contribution < -0.4 is 9.62 Å². The van der Waals surface area contributed by atoms with Crippen molar-refractivity contribution in [1.82, 2.24) is 10.2 Å². The SMILES string of the molecule is CC[C@@H](C(=O)NC(C)C)N(CCc1ccccc1)C(=O)CN(c1cc(Cl)ccc1C)S(=O)(=O)c1ccccc1. The number of hydrogen-bond acceptors (Lipinski definition) is 4. The molecule has 0 fully saturated rings. The summed E-state index contributed by atoms with van der Waals surface area (Å²) in [6.07, 6.45) is 0.889. The maximum Gasteiger partial charge on any atom is 0.264 e. The van der Waals surface area contributed by atoms with Gasteiger partial charge in [0.15, 0.2) is 0 Å². The van der Waals surface area contributed by atoms with Crippen molar-refractivity contribution >= 4 is 39.1 Å². The molecule has 0 bridgehead atoms. The highest BCUT2D eigenvalue weighted by molar-refractivity contribution is 7.92. The van der Waals surface area contributed by atoms with Gasteiger partial charge in [-0.3, -0.25) is 13.9 Å². The van der Waals surface area contributed by atoms with Gasteiger partial charge in [-0.05, 0) is 69.0 Å². The Hall–Kier alpha value is -3.36. The van der Waals surface area contributed by atoms with Crippen LogP contribution in [0.5, 0.6) is 0 Å². The fourth-order valence-electron chi connectivity index (χ4n) is 4.36. The molecule has 0 aromatic heterocycles. The van der Waals surface area contributed by atoms with E-state index in [1.165, 1.54) is 17.0 Å². The van der Waals surface area contributed by atoms with Crippen molar-refractivity contribution < 1.29 is 18.0 Å². The van der Waals surface area contributed by atoms with Crippen molar-refractivity contribution in [1.29, 1.82) is 0 Å². The Labute approximate surface area is 236 Å². The molecule has 39 heavy (non-hydrogen) atoms. The molecule has 3 aromatic rings. The molecule has 0 saturated carbocycles. The summed E-state index contributed by atoms with van der Waals surface area (Å²) in [5, 5.41) is 3.25. The Morgan fingerprint density at radius 3 is 2.15 bits per heavy atom. The Balaban J connectivity index is 2.04. The van der Waals surface area contributed by atoms with Crippen molar-refractivity contribution in [3.63, 3.8) is 0 Å². The molecular formula is C30H36ClN3O4S. The molecule has 9 heteroatoms. The second kappa shape index (κ2) is 13.6. The number of anilines is 1. The van der Waals surface area contributed by atoms with Crippen LogP contribution in [0.2, 0.25) is 5.02 Å². The van der Waals surface area contributed by atoms with E-state index in [0.717, 1.165) is 9.87 Å². The number of carbonyl (C=O) groups is 2. The normalized spacial score (nSPS) is 12.2. The van der Waals surface area contributed by atoms with Gasteiger partial charge in [0.2, 0.25) is 11.8 Å². The first-order valence-electron chi connectivity index (χ1n) is 13.0. The van der Waals surface area contributed by atoms with Gasteiger partial charge < -0.3 is 10.2 Å². The lowest BCUT2D eigenvalue weighted by atomic mass is 10.1. The number of hydrogen-bond donors (Lipinski definition) is 1. The first-order chi connectivity index (χ1) is 18.5. The van der Waals surface area contributed by atoms with Gasteiger partial charge in [0.05, 0.1) is 10.6 Å². The Bertz CT molecular complexity index is 1370. The maximum absolute atomic E-state index is 14.0. The predicted molar refractivity (Wildman–Crippen MR) is 156 cm³/mol. The van der Waals surface area contributed by atoms with Gasteiger partial charge in [-0.2, -0.15) is 0 Å². The molecule has 3 rings (SSSR count). The highest BCUT2D eigenvalue weighted by Crippen LogP contribution is 2.30. The van der Waals surface area contributed by atoms with Gasteiger partial charge in [0, 0.05) is 17.6 Å². The zero-order valence-electron chi connectivity index (χ0n) is 22.8. The van der Waals surface area contributed by atoms with Crippen molar-refractivity contribution in [2.24, 2.45) is 0 Å². The van der Waals surface area contributed by atoms with Crippen LogP contribution >= 0.6 is 11.6 Å². The first kappa shape index (κ1) is 30.2. The van der Waals surface area contributed by atoms with Crippen molar-refractivity contribution in [2.45, 2.75) is 57.5 Å². The lowest BCUT2D eigenvalue weighted by Gasteiger charge is -2.34. The van der Waals surface area contributed by atoms with Gasteiger partial charge >= 0.3 is 0 Å². The van der Waals surface area contributed by atoms with Crippen molar-refractivity contribution in [3.05, 3.63) is 95.0 Å². The topological polar surface area (TPSA) is 86.8 Å². The number of nitrogens with zero attached hydrogens (tertiary/aromatic N) is 2. The lowest BCUT2D eigenvalue weighted by molar-refractivity contribution is -0.139. The molecule has 2 amide bonds. The zero-order chi connectivity index (χ0) is 28.6. The van der Waals surface area contributed by atoms with Gasteiger partial charge in [-0.15, -0.1) is 0 Å². The van der Waals surface area contributed by atoms with E-state index in [1.807, 2.05) is 51.1 Å². The molecule has 0 aliphatic rings. The smallest absolute Gasteiger partial charge is 0.264 e. The quantitative estimate of drug-likeness (QED) is 0.324. The molecule has 0 unspecified atom stereocenters. The van der Waals surface area contributed by atoms with Gasteiger partial charge in [-0.25, -0.2) is 8.42 Å². The molecule has 1 N–H and O–H groups in total. The number of rotatable bonds is 12. The van der Waals surface area contributed by atoms with E-state index < -0.39 is 28.5 Å². The monoisotopic (exact) mass is 569 g/mol. The van der Waals surface area contributed by atoms with Crippen LogP contribution in [0.15, 0.2) is 83.8 Å². The second-order valence-corrected chi connectivity index (χ2v) is 12.0. The van der Waals surface area contributed by atoms with E-state index in [9.17, 15) is 18.0 Å². The summed E-state index contributed by atoms with van der Waals surface area (Å²) in [5.74, 6) is -0.749. The van der Waals surface area contributed by atoms with Crippen LogP contribution in [-0.2, 0) is 26.0 Å². The predicted octanol–water partition coefficient (Wildman–Crippen LogP) is 5.22. The summed E-state index contributed by atoms with van der Waals surface area (Å²) >= 11 is 6.27. The number of halogens is 1. The van der Waals surface area contributed by atoms with Crippen LogP contribution in [0.4, 0.5) is 5.69 Å². The largest absolute Gasteiger partial charge is 0.352 e. The first-order valence-corrected chi connectivity index (χ1v) is 14.8. The molecule has 0 aliphatic carbocycles. The van der Waals surface area contributed by atoms with E-state index >= 15 is 0 Å². The highest BCUT2D eigenvalue weighted by atomic mass is 35.5. The summed E-state index contributed by atoms with van der Waals surface area (Å²) < 4.78 is 28.9. The minimum absolute atomic E-state index is 0.0533. The Morgan fingerprint density at radius 2 is 1.56 bits per heavy atom. The van der Waals surface area contributed by atoms with Gasteiger partial charge in [0.1, 0.15) is 12.6 Å². The van der Waals surface area contributed by atoms with Gasteiger partial charge in [0.25, 0.3) is 10.0 Å². The molecule has 7 nitrogen and oxygen atoms in total.